The quantitative estimate of drug-likeness (QED) is 0.908. The maximum absolute atomic E-state index is 11.0. The van der Waals surface area contributed by atoms with E-state index in [1.165, 1.54) is 12.1 Å². The SMILES string of the molecule is N#Cc1cc(Cl)c(O[C@@H]2CCC(=O)NC2)cc1Cl. The van der Waals surface area contributed by atoms with Gasteiger partial charge in [-0.2, -0.15) is 5.26 Å². The largest absolute Gasteiger partial charge is 0.487 e. The number of carbonyl (C=O) groups is 1. The van der Waals surface area contributed by atoms with Gasteiger partial charge >= 0.3 is 0 Å². The molecular formula is C12H10Cl2N2O2. The molecule has 1 N–H and O–H groups in total. The summed E-state index contributed by atoms with van der Waals surface area (Å²) in [5.74, 6) is 0.459. The van der Waals surface area contributed by atoms with Crippen molar-refractivity contribution >= 4 is 29.1 Å². The maximum atomic E-state index is 11.0. The van der Waals surface area contributed by atoms with E-state index in [0.29, 0.717) is 40.7 Å². The topological polar surface area (TPSA) is 62.1 Å². The van der Waals surface area contributed by atoms with Gasteiger partial charge < -0.3 is 10.1 Å². The van der Waals surface area contributed by atoms with Crippen LogP contribution in [-0.4, -0.2) is 18.6 Å². The first-order valence-electron chi connectivity index (χ1n) is 5.42. The summed E-state index contributed by atoms with van der Waals surface area (Å²) in [4.78, 5) is 11.0. The molecule has 1 heterocycles. The van der Waals surface area contributed by atoms with Gasteiger partial charge in [-0.1, -0.05) is 23.2 Å². The predicted octanol–water partition coefficient (Wildman–Crippen LogP) is 2.52. The van der Waals surface area contributed by atoms with Gasteiger partial charge in [-0.05, 0) is 12.5 Å². The van der Waals surface area contributed by atoms with Crippen LogP contribution in [0.15, 0.2) is 12.1 Å². The Kier molecular flexibility index (Phi) is 3.95. The first-order chi connectivity index (χ1) is 8.60. The zero-order chi connectivity index (χ0) is 13.1. The summed E-state index contributed by atoms with van der Waals surface area (Å²) >= 11 is 11.9. The summed E-state index contributed by atoms with van der Waals surface area (Å²) in [5.41, 5.74) is 0.311. The Hall–Kier alpha value is -1.44. The van der Waals surface area contributed by atoms with E-state index in [0.717, 1.165) is 0 Å². The lowest BCUT2D eigenvalue weighted by Gasteiger charge is -2.24. The Morgan fingerprint density at radius 3 is 2.78 bits per heavy atom. The number of nitrogens with zero attached hydrogens (tertiary/aromatic N) is 1. The molecule has 18 heavy (non-hydrogen) atoms. The van der Waals surface area contributed by atoms with Gasteiger partial charge in [0.15, 0.2) is 0 Å². The molecule has 0 aromatic heterocycles. The zero-order valence-electron chi connectivity index (χ0n) is 9.37. The fourth-order valence-electron chi connectivity index (χ4n) is 1.69. The van der Waals surface area contributed by atoms with Gasteiger partial charge in [0, 0.05) is 12.5 Å². The van der Waals surface area contributed by atoms with E-state index in [4.69, 9.17) is 33.2 Å². The number of nitrogens with one attached hydrogen (secondary N) is 1. The minimum atomic E-state index is -0.121. The molecule has 1 aliphatic heterocycles. The Morgan fingerprint density at radius 2 is 2.17 bits per heavy atom. The first-order valence-corrected chi connectivity index (χ1v) is 6.18. The molecule has 2 rings (SSSR count). The molecule has 4 nitrogen and oxygen atoms in total. The molecule has 1 fully saturated rings. The number of amides is 1. The molecule has 0 unspecified atom stereocenters. The third-order valence-corrected chi connectivity index (χ3v) is 3.26. The fraction of sp³-hybridized carbons (Fsp3) is 0.333. The van der Waals surface area contributed by atoms with Crippen molar-refractivity contribution in [3.63, 3.8) is 0 Å². The molecule has 6 heteroatoms. The second-order valence-electron chi connectivity index (χ2n) is 3.96. The second kappa shape index (κ2) is 5.47. The van der Waals surface area contributed by atoms with Gasteiger partial charge in [0.25, 0.3) is 0 Å². The molecule has 0 bridgehead atoms. The van der Waals surface area contributed by atoms with Crippen molar-refractivity contribution in [2.75, 3.05) is 6.54 Å². The Morgan fingerprint density at radius 1 is 1.39 bits per heavy atom. The van der Waals surface area contributed by atoms with Gasteiger partial charge in [0.1, 0.15) is 17.9 Å². The van der Waals surface area contributed by atoms with E-state index < -0.39 is 0 Å². The molecule has 1 aliphatic rings. The second-order valence-corrected chi connectivity index (χ2v) is 4.77. The van der Waals surface area contributed by atoms with E-state index in [9.17, 15) is 4.79 Å². The van der Waals surface area contributed by atoms with Crippen LogP contribution in [0, 0.1) is 11.3 Å². The molecular weight excluding hydrogens is 275 g/mol. The normalized spacial score (nSPS) is 18.9. The van der Waals surface area contributed by atoms with Crippen LogP contribution < -0.4 is 10.1 Å². The van der Waals surface area contributed by atoms with E-state index in [-0.39, 0.29) is 12.0 Å². The molecule has 1 amide bonds. The van der Waals surface area contributed by atoms with Gasteiger partial charge in [-0.25, -0.2) is 0 Å². The summed E-state index contributed by atoms with van der Waals surface area (Å²) < 4.78 is 5.67. The molecule has 1 aromatic carbocycles. The molecule has 0 radical (unpaired) electrons. The minimum absolute atomic E-state index is 0.0267. The Labute approximate surface area is 114 Å². The molecule has 0 spiro atoms. The Bertz CT molecular complexity index is 516. The third kappa shape index (κ3) is 2.87. The summed E-state index contributed by atoms with van der Waals surface area (Å²) in [6.45, 7) is 0.451. The number of benzene rings is 1. The highest BCUT2D eigenvalue weighted by molar-refractivity contribution is 6.35. The highest BCUT2D eigenvalue weighted by Gasteiger charge is 2.20. The highest BCUT2D eigenvalue weighted by Crippen LogP contribution is 2.32. The zero-order valence-corrected chi connectivity index (χ0v) is 10.9. The number of hydrogen-bond acceptors (Lipinski definition) is 3. The van der Waals surface area contributed by atoms with Crippen LogP contribution in [0.3, 0.4) is 0 Å². The number of nitriles is 1. The number of carbonyl (C=O) groups excluding carboxylic acids is 1. The fourth-order valence-corrected chi connectivity index (χ4v) is 2.10. The van der Waals surface area contributed by atoms with Crippen molar-refractivity contribution in [1.29, 1.82) is 5.26 Å². The summed E-state index contributed by atoms with van der Waals surface area (Å²) in [6.07, 6.45) is 0.954. The Balaban J connectivity index is 2.12. The number of piperidine rings is 1. The third-order valence-electron chi connectivity index (χ3n) is 2.66. The van der Waals surface area contributed by atoms with Crippen molar-refractivity contribution in [3.8, 4) is 11.8 Å². The lowest BCUT2D eigenvalue weighted by molar-refractivity contribution is -0.123. The van der Waals surface area contributed by atoms with Crippen LogP contribution in [0.4, 0.5) is 0 Å². The van der Waals surface area contributed by atoms with E-state index in [1.807, 2.05) is 6.07 Å². The standard InChI is InChI=1S/C12H10Cl2N2O2/c13-9-4-11(10(14)3-7(9)5-15)18-8-1-2-12(17)16-6-8/h3-4,8H,1-2,6H2,(H,16,17)/t8-/m1/s1. The lowest BCUT2D eigenvalue weighted by atomic mass is 10.1. The number of hydrogen-bond donors (Lipinski definition) is 1. The minimum Gasteiger partial charge on any atom is -0.487 e. The number of ether oxygens (including phenoxy) is 1. The van der Waals surface area contributed by atoms with Crippen LogP contribution in [0.25, 0.3) is 0 Å². The summed E-state index contributed by atoms with van der Waals surface area (Å²) in [5, 5.41) is 12.2. The van der Waals surface area contributed by atoms with Crippen molar-refractivity contribution in [2.24, 2.45) is 0 Å². The predicted molar refractivity (Wildman–Crippen MR) is 67.8 cm³/mol. The molecule has 1 atom stereocenters. The van der Waals surface area contributed by atoms with Crippen molar-refractivity contribution in [3.05, 3.63) is 27.7 Å². The molecule has 0 aliphatic carbocycles. The van der Waals surface area contributed by atoms with E-state index in [2.05, 4.69) is 5.32 Å². The van der Waals surface area contributed by atoms with Gasteiger partial charge in [0.2, 0.25) is 5.91 Å². The monoisotopic (exact) mass is 284 g/mol. The molecule has 94 valence electrons. The van der Waals surface area contributed by atoms with Gasteiger partial charge in [-0.3, -0.25) is 4.79 Å². The highest BCUT2D eigenvalue weighted by atomic mass is 35.5. The maximum Gasteiger partial charge on any atom is 0.220 e. The van der Waals surface area contributed by atoms with Crippen LogP contribution in [-0.2, 0) is 4.79 Å². The number of halogens is 2. The summed E-state index contributed by atoms with van der Waals surface area (Å²) in [6, 6.07) is 4.94. The summed E-state index contributed by atoms with van der Waals surface area (Å²) in [7, 11) is 0. The van der Waals surface area contributed by atoms with E-state index >= 15 is 0 Å². The van der Waals surface area contributed by atoms with Gasteiger partial charge in [-0.15, -0.1) is 0 Å². The van der Waals surface area contributed by atoms with Crippen LogP contribution >= 0.6 is 23.2 Å². The molecule has 1 aromatic rings. The average Bonchev–Trinajstić information content (AvgIpc) is 2.36. The average molecular weight is 285 g/mol. The molecule has 0 saturated carbocycles. The van der Waals surface area contributed by atoms with Crippen molar-refractivity contribution < 1.29 is 9.53 Å². The van der Waals surface area contributed by atoms with Crippen molar-refractivity contribution in [1.82, 2.24) is 5.32 Å². The van der Waals surface area contributed by atoms with E-state index in [1.54, 1.807) is 0 Å². The van der Waals surface area contributed by atoms with Crippen LogP contribution in [0.2, 0.25) is 10.0 Å². The first kappa shape index (κ1) is 13.0. The van der Waals surface area contributed by atoms with Gasteiger partial charge in [0.05, 0.1) is 22.2 Å². The smallest absolute Gasteiger partial charge is 0.220 e. The van der Waals surface area contributed by atoms with Crippen LogP contribution in [0.5, 0.6) is 5.75 Å². The molecule has 1 saturated heterocycles. The number of rotatable bonds is 2. The van der Waals surface area contributed by atoms with Crippen molar-refractivity contribution in [2.45, 2.75) is 18.9 Å². The van der Waals surface area contributed by atoms with Crippen LogP contribution in [0.1, 0.15) is 18.4 Å². The lowest BCUT2D eigenvalue weighted by Crippen LogP contribution is -2.40.